The molecule has 0 aliphatic carbocycles. The molecule has 15 heavy (non-hydrogen) atoms. The summed E-state index contributed by atoms with van der Waals surface area (Å²) in [6.07, 6.45) is -13.5. The third-order valence-electron chi connectivity index (χ3n) is 1.32. The first-order chi connectivity index (χ1) is 6.47. The Bertz CT molecular complexity index is 237. The maximum absolute atomic E-state index is 12.2. The molecule has 0 aliphatic rings. The minimum atomic E-state index is -6.16. The smallest absolute Gasteiger partial charge is 0.230 e. The van der Waals surface area contributed by atoms with E-state index in [1.54, 1.807) is 0 Å². The minimum Gasteiger partial charge on any atom is -0.230 e. The highest BCUT2D eigenvalue weighted by Crippen LogP contribution is 2.45. The molecule has 0 amide bonds. The Hall–Kier alpha value is -0.890. The van der Waals surface area contributed by atoms with Crippen molar-refractivity contribution >= 4 is 0 Å². The van der Waals surface area contributed by atoms with Crippen molar-refractivity contribution in [3.63, 3.8) is 0 Å². The number of halogens is 9. The van der Waals surface area contributed by atoms with E-state index < -0.39 is 36.6 Å². The quantitative estimate of drug-likeness (QED) is 0.667. The third-order valence-corrected chi connectivity index (χ3v) is 1.32. The molecular weight excluding hydrogens is 243 g/mol. The van der Waals surface area contributed by atoms with Gasteiger partial charge in [-0.25, -0.2) is 8.78 Å². The Labute approximate surface area is 77.4 Å². The van der Waals surface area contributed by atoms with E-state index in [0.717, 1.165) is 0 Å². The molecule has 0 N–H and O–H groups in total. The molecule has 1 unspecified atom stereocenters. The monoisotopic (exact) mass is 246 g/mol. The van der Waals surface area contributed by atoms with Gasteiger partial charge in [-0.05, 0) is 0 Å². The van der Waals surface area contributed by atoms with Crippen LogP contribution in [0.15, 0.2) is 12.4 Å². The molecule has 0 bridgehead atoms. The fourth-order valence-corrected chi connectivity index (χ4v) is 0.565. The van der Waals surface area contributed by atoms with Crippen molar-refractivity contribution in [2.45, 2.75) is 24.2 Å². The molecule has 90 valence electrons. The maximum Gasteiger partial charge on any atom is 0.425 e. The lowest BCUT2D eigenvalue weighted by Crippen LogP contribution is -2.52. The molecule has 0 aromatic rings. The molecule has 0 spiro atoms. The SMILES string of the molecule is FC=CC(F)(F)C(F)(F)C(F)C(F)(F)F. The average molecular weight is 246 g/mol. The van der Waals surface area contributed by atoms with Crippen molar-refractivity contribution in [3.8, 4) is 0 Å². The van der Waals surface area contributed by atoms with Crippen LogP contribution < -0.4 is 0 Å². The number of rotatable bonds is 3. The van der Waals surface area contributed by atoms with Gasteiger partial charge < -0.3 is 0 Å². The van der Waals surface area contributed by atoms with Crippen molar-refractivity contribution in [3.05, 3.63) is 12.4 Å². The van der Waals surface area contributed by atoms with Crippen LogP contribution in [0.2, 0.25) is 0 Å². The van der Waals surface area contributed by atoms with Crippen LogP contribution in [0.4, 0.5) is 39.5 Å². The van der Waals surface area contributed by atoms with Crippen molar-refractivity contribution in [1.82, 2.24) is 0 Å². The van der Waals surface area contributed by atoms with Crippen LogP contribution >= 0.6 is 0 Å². The summed E-state index contributed by atoms with van der Waals surface area (Å²) in [6.45, 7) is 0. The summed E-state index contributed by atoms with van der Waals surface area (Å²) in [5.74, 6) is -11.6. The second kappa shape index (κ2) is 3.93. The summed E-state index contributed by atoms with van der Waals surface area (Å²) in [5.41, 5.74) is 0. The summed E-state index contributed by atoms with van der Waals surface area (Å²) in [6, 6.07) is 0. The Morgan fingerprint density at radius 3 is 1.53 bits per heavy atom. The van der Waals surface area contributed by atoms with Gasteiger partial charge in [-0.3, -0.25) is 0 Å². The highest BCUT2D eigenvalue weighted by atomic mass is 19.4. The van der Waals surface area contributed by atoms with Gasteiger partial charge in [0.25, 0.3) is 6.17 Å². The van der Waals surface area contributed by atoms with Crippen LogP contribution in [-0.2, 0) is 0 Å². The van der Waals surface area contributed by atoms with Gasteiger partial charge in [0.15, 0.2) is 0 Å². The number of allylic oxidation sites excluding steroid dienone is 1. The predicted molar refractivity (Wildman–Crippen MR) is 31.1 cm³/mol. The highest BCUT2D eigenvalue weighted by Gasteiger charge is 2.68. The Morgan fingerprint density at radius 2 is 1.27 bits per heavy atom. The van der Waals surface area contributed by atoms with E-state index in [1.165, 1.54) is 0 Å². The molecule has 0 saturated heterocycles. The average Bonchev–Trinajstić information content (AvgIpc) is 2.00. The Kier molecular flexibility index (Phi) is 3.70. The zero-order valence-electron chi connectivity index (χ0n) is 6.63. The number of hydrogen-bond acceptors (Lipinski definition) is 0. The fourth-order valence-electron chi connectivity index (χ4n) is 0.565. The molecule has 0 radical (unpaired) electrons. The zero-order chi connectivity index (χ0) is 12.5. The first-order valence-electron chi connectivity index (χ1n) is 3.21. The Balaban J connectivity index is 5.13. The van der Waals surface area contributed by atoms with E-state index in [1.807, 2.05) is 0 Å². The number of hydrogen-bond donors (Lipinski definition) is 0. The normalized spacial score (nSPS) is 17.1. The first-order valence-corrected chi connectivity index (χ1v) is 3.21. The molecule has 0 nitrogen and oxygen atoms in total. The molecule has 0 rings (SSSR count). The lowest BCUT2D eigenvalue weighted by Gasteiger charge is -2.27. The molecular formula is C6H3F9. The first kappa shape index (κ1) is 14.1. The van der Waals surface area contributed by atoms with Crippen LogP contribution in [0.3, 0.4) is 0 Å². The van der Waals surface area contributed by atoms with E-state index >= 15 is 0 Å². The molecule has 0 fully saturated rings. The molecule has 9 heteroatoms. The lowest BCUT2D eigenvalue weighted by molar-refractivity contribution is -0.293. The molecule has 1 atom stereocenters. The van der Waals surface area contributed by atoms with Gasteiger partial charge >= 0.3 is 18.0 Å². The largest absolute Gasteiger partial charge is 0.425 e. The Morgan fingerprint density at radius 1 is 0.867 bits per heavy atom. The van der Waals surface area contributed by atoms with Crippen LogP contribution in [0, 0.1) is 0 Å². The number of alkyl halides is 8. The topological polar surface area (TPSA) is 0 Å². The summed E-state index contributed by atoms with van der Waals surface area (Å²) in [7, 11) is 0. The zero-order valence-corrected chi connectivity index (χ0v) is 6.63. The van der Waals surface area contributed by atoms with E-state index in [9.17, 15) is 39.5 Å². The van der Waals surface area contributed by atoms with Gasteiger partial charge in [0.2, 0.25) is 0 Å². The summed E-state index contributed by atoms with van der Waals surface area (Å²) in [4.78, 5) is 0. The van der Waals surface area contributed by atoms with Gasteiger partial charge in [0, 0.05) is 6.08 Å². The van der Waals surface area contributed by atoms with Crippen LogP contribution in [0.1, 0.15) is 0 Å². The molecule has 0 aromatic carbocycles. The van der Waals surface area contributed by atoms with E-state index in [-0.39, 0.29) is 0 Å². The standard InChI is InChI=1S/C6H3F9/c7-2-1-4(9,10)5(11,12)3(8)6(13,14)15/h1-3H. The highest BCUT2D eigenvalue weighted by molar-refractivity contribution is 5.05. The predicted octanol–water partition coefficient (Wildman–Crippen LogP) is 3.64. The van der Waals surface area contributed by atoms with E-state index in [0.29, 0.717) is 0 Å². The van der Waals surface area contributed by atoms with Gasteiger partial charge in [-0.15, -0.1) is 0 Å². The van der Waals surface area contributed by atoms with Gasteiger partial charge in [-0.1, -0.05) is 0 Å². The van der Waals surface area contributed by atoms with Crippen molar-refractivity contribution in [2.24, 2.45) is 0 Å². The third kappa shape index (κ3) is 2.78. The van der Waals surface area contributed by atoms with Crippen molar-refractivity contribution < 1.29 is 39.5 Å². The summed E-state index contributed by atoms with van der Waals surface area (Å²) >= 11 is 0. The van der Waals surface area contributed by atoms with Gasteiger partial charge in [0.05, 0.1) is 6.33 Å². The van der Waals surface area contributed by atoms with Crippen LogP contribution in [0.25, 0.3) is 0 Å². The van der Waals surface area contributed by atoms with Crippen LogP contribution in [-0.4, -0.2) is 24.2 Å². The minimum absolute atomic E-state index is 1.09. The lowest BCUT2D eigenvalue weighted by atomic mass is 10.1. The van der Waals surface area contributed by atoms with Crippen molar-refractivity contribution in [2.75, 3.05) is 0 Å². The molecule has 0 heterocycles. The van der Waals surface area contributed by atoms with Crippen molar-refractivity contribution in [1.29, 1.82) is 0 Å². The fraction of sp³-hybridized carbons (Fsp3) is 0.667. The second-order valence-corrected chi connectivity index (χ2v) is 2.44. The van der Waals surface area contributed by atoms with Gasteiger partial charge in [0.1, 0.15) is 0 Å². The van der Waals surface area contributed by atoms with Crippen LogP contribution in [0.5, 0.6) is 0 Å². The maximum atomic E-state index is 12.2. The molecule has 0 aliphatic heterocycles. The van der Waals surface area contributed by atoms with E-state index in [2.05, 4.69) is 0 Å². The summed E-state index contributed by atoms with van der Waals surface area (Å²) < 4.78 is 106. The molecule has 0 aromatic heterocycles. The summed E-state index contributed by atoms with van der Waals surface area (Å²) in [5, 5.41) is 0. The van der Waals surface area contributed by atoms with Gasteiger partial charge in [-0.2, -0.15) is 30.7 Å². The van der Waals surface area contributed by atoms with E-state index in [4.69, 9.17) is 0 Å². The second-order valence-electron chi connectivity index (χ2n) is 2.44. The molecule has 0 saturated carbocycles.